The van der Waals surface area contributed by atoms with Crippen LogP contribution in [-0.4, -0.2) is 16.2 Å². The first-order valence-electron chi connectivity index (χ1n) is 6.91. The van der Waals surface area contributed by atoms with Crippen molar-refractivity contribution in [2.75, 3.05) is 5.88 Å². The molecule has 2 rings (SSSR count). The Labute approximate surface area is 125 Å². The molecule has 0 saturated carbocycles. The van der Waals surface area contributed by atoms with Gasteiger partial charge in [-0.25, -0.2) is 0 Å². The predicted octanol–water partition coefficient (Wildman–Crippen LogP) is 4.14. The van der Waals surface area contributed by atoms with E-state index in [0.29, 0.717) is 0 Å². The molecule has 0 N–H and O–H groups in total. The standard InChI is InChI=1S/C17H20ClNO/c1-4-14-7-5-6-8-15(14)11-19-12(2)9-16(13(19)3)17(20)10-18/h5-9H,4,10-11H2,1-3H3. The zero-order valence-corrected chi connectivity index (χ0v) is 13.0. The second-order valence-electron chi connectivity index (χ2n) is 5.05. The molecule has 20 heavy (non-hydrogen) atoms. The van der Waals surface area contributed by atoms with E-state index < -0.39 is 0 Å². The lowest BCUT2D eigenvalue weighted by Crippen LogP contribution is -2.08. The Bertz CT molecular complexity index is 628. The van der Waals surface area contributed by atoms with Crippen molar-refractivity contribution in [3.05, 3.63) is 58.4 Å². The van der Waals surface area contributed by atoms with Gasteiger partial charge in [0.05, 0.1) is 5.88 Å². The second-order valence-corrected chi connectivity index (χ2v) is 5.32. The maximum Gasteiger partial charge on any atom is 0.179 e. The molecular formula is C17H20ClNO. The number of rotatable bonds is 5. The Morgan fingerprint density at radius 3 is 2.45 bits per heavy atom. The highest BCUT2D eigenvalue weighted by Gasteiger charge is 2.15. The van der Waals surface area contributed by atoms with Gasteiger partial charge in [-0.15, -0.1) is 11.6 Å². The molecule has 0 bridgehead atoms. The normalized spacial score (nSPS) is 10.8. The molecule has 1 heterocycles. The van der Waals surface area contributed by atoms with Crippen LogP contribution in [0.1, 0.15) is 39.8 Å². The number of halogens is 1. The molecule has 1 aromatic heterocycles. The lowest BCUT2D eigenvalue weighted by atomic mass is 10.1. The minimum Gasteiger partial charge on any atom is -0.344 e. The average molecular weight is 290 g/mol. The molecule has 0 aliphatic heterocycles. The van der Waals surface area contributed by atoms with Crippen LogP contribution in [0, 0.1) is 13.8 Å². The van der Waals surface area contributed by atoms with Gasteiger partial charge in [0, 0.05) is 23.5 Å². The van der Waals surface area contributed by atoms with Crippen molar-refractivity contribution >= 4 is 17.4 Å². The third-order valence-electron chi connectivity index (χ3n) is 3.82. The Morgan fingerprint density at radius 1 is 1.20 bits per heavy atom. The summed E-state index contributed by atoms with van der Waals surface area (Å²) in [5.74, 6) is 0.0327. The fourth-order valence-corrected chi connectivity index (χ4v) is 2.77. The van der Waals surface area contributed by atoms with Gasteiger partial charge in [0.2, 0.25) is 0 Å². The highest BCUT2D eigenvalue weighted by molar-refractivity contribution is 6.30. The SMILES string of the molecule is CCc1ccccc1Cn1c(C)cc(C(=O)CCl)c1C. The number of aromatic nitrogens is 1. The number of hydrogen-bond donors (Lipinski definition) is 0. The Hall–Kier alpha value is -1.54. The Balaban J connectivity index is 2.39. The fraction of sp³-hybridized carbons (Fsp3) is 0.353. The molecule has 0 fully saturated rings. The van der Waals surface area contributed by atoms with Crippen LogP contribution in [0.25, 0.3) is 0 Å². The Kier molecular flexibility index (Phi) is 4.66. The van der Waals surface area contributed by atoms with E-state index in [-0.39, 0.29) is 11.7 Å². The topological polar surface area (TPSA) is 22.0 Å². The third kappa shape index (κ3) is 2.80. The van der Waals surface area contributed by atoms with E-state index in [9.17, 15) is 4.79 Å². The van der Waals surface area contributed by atoms with E-state index in [1.807, 2.05) is 19.9 Å². The van der Waals surface area contributed by atoms with Crippen molar-refractivity contribution in [2.45, 2.75) is 33.7 Å². The molecule has 0 spiro atoms. The van der Waals surface area contributed by atoms with Crippen LogP contribution in [0.2, 0.25) is 0 Å². The molecule has 0 radical (unpaired) electrons. The fourth-order valence-electron chi connectivity index (χ4n) is 2.63. The van der Waals surface area contributed by atoms with Crippen LogP contribution in [0.15, 0.2) is 30.3 Å². The molecule has 0 saturated heterocycles. The number of ketones is 1. The molecule has 1 aromatic carbocycles. The van der Waals surface area contributed by atoms with Crippen LogP contribution < -0.4 is 0 Å². The Morgan fingerprint density at radius 2 is 1.85 bits per heavy atom. The van der Waals surface area contributed by atoms with E-state index in [4.69, 9.17) is 11.6 Å². The number of aryl methyl sites for hydroxylation is 2. The summed E-state index contributed by atoms with van der Waals surface area (Å²) in [4.78, 5) is 11.8. The highest BCUT2D eigenvalue weighted by Crippen LogP contribution is 2.20. The summed E-state index contributed by atoms with van der Waals surface area (Å²) in [5, 5.41) is 0. The third-order valence-corrected chi connectivity index (χ3v) is 4.07. The smallest absolute Gasteiger partial charge is 0.179 e. The minimum atomic E-state index is -0.00482. The van der Waals surface area contributed by atoms with Gasteiger partial charge in [-0.2, -0.15) is 0 Å². The van der Waals surface area contributed by atoms with Crippen LogP contribution in [-0.2, 0) is 13.0 Å². The number of nitrogens with zero attached hydrogens (tertiary/aromatic N) is 1. The lowest BCUT2D eigenvalue weighted by Gasteiger charge is -2.13. The summed E-state index contributed by atoms with van der Waals surface area (Å²) in [6, 6.07) is 10.4. The number of carbonyl (C=O) groups excluding carboxylic acids is 1. The minimum absolute atomic E-state index is 0.00482. The first-order chi connectivity index (χ1) is 9.58. The van der Waals surface area contributed by atoms with Gasteiger partial charge in [-0.1, -0.05) is 31.2 Å². The second kappa shape index (κ2) is 6.27. The summed E-state index contributed by atoms with van der Waals surface area (Å²) in [6.07, 6.45) is 1.02. The average Bonchev–Trinajstić information content (AvgIpc) is 2.75. The van der Waals surface area contributed by atoms with Gasteiger partial charge in [0.15, 0.2) is 5.78 Å². The molecular weight excluding hydrogens is 270 g/mol. The van der Waals surface area contributed by atoms with Crippen molar-refractivity contribution in [2.24, 2.45) is 0 Å². The van der Waals surface area contributed by atoms with E-state index in [2.05, 4.69) is 35.8 Å². The molecule has 0 aliphatic carbocycles. The van der Waals surface area contributed by atoms with Crippen molar-refractivity contribution in [1.29, 1.82) is 0 Å². The van der Waals surface area contributed by atoms with Crippen LogP contribution in [0.4, 0.5) is 0 Å². The van der Waals surface area contributed by atoms with Crippen molar-refractivity contribution < 1.29 is 4.79 Å². The molecule has 0 amide bonds. The van der Waals surface area contributed by atoms with Crippen LogP contribution in [0.3, 0.4) is 0 Å². The van der Waals surface area contributed by atoms with Crippen molar-refractivity contribution in [3.63, 3.8) is 0 Å². The summed E-state index contributed by atoms with van der Waals surface area (Å²) in [5.41, 5.74) is 5.50. The lowest BCUT2D eigenvalue weighted by molar-refractivity contribution is 0.102. The van der Waals surface area contributed by atoms with Crippen molar-refractivity contribution in [3.8, 4) is 0 Å². The predicted molar refractivity (Wildman–Crippen MR) is 83.9 cm³/mol. The molecule has 2 aromatic rings. The zero-order chi connectivity index (χ0) is 14.7. The number of Topliss-reactive ketones (excluding diaryl/α,β-unsaturated/α-hetero) is 1. The van der Waals surface area contributed by atoms with Crippen LogP contribution in [0.5, 0.6) is 0 Å². The van der Waals surface area contributed by atoms with Gasteiger partial charge < -0.3 is 4.57 Å². The molecule has 3 heteroatoms. The number of benzene rings is 1. The van der Waals surface area contributed by atoms with E-state index in [1.54, 1.807) is 0 Å². The van der Waals surface area contributed by atoms with Gasteiger partial charge in [0.25, 0.3) is 0 Å². The molecule has 0 unspecified atom stereocenters. The van der Waals surface area contributed by atoms with E-state index in [0.717, 1.165) is 29.9 Å². The quantitative estimate of drug-likeness (QED) is 0.599. The first kappa shape index (κ1) is 14.9. The summed E-state index contributed by atoms with van der Waals surface area (Å²) >= 11 is 5.67. The number of alkyl halides is 1. The molecule has 2 nitrogen and oxygen atoms in total. The monoisotopic (exact) mass is 289 g/mol. The molecule has 106 valence electrons. The molecule has 0 aliphatic rings. The van der Waals surface area contributed by atoms with Gasteiger partial charge in [-0.3, -0.25) is 4.79 Å². The maximum atomic E-state index is 11.8. The number of carbonyl (C=O) groups is 1. The van der Waals surface area contributed by atoms with Crippen LogP contribution >= 0.6 is 11.6 Å². The van der Waals surface area contributed by atoms with Crippen molar-refractivity contribution in [1.82, 2.24) is 4.57 Å². The summed E-state index contributed by atoms with van der Waals surface area (Å²) < 4.78 is 2.19. The number of hydrogen-bond acceptors (Lipinski definition) is 1. The maximum absolute atomic E-state index is 11.8. The van der Waals surface area contributed by atoms with E-state index in [1.165, 1.54) is 11.1 Å². The van der Waals surface area contributed by atoms with Gasteiger partial charge >= 0.3 is 0 Å². The van der Waals surface area contributed by atoms with E-state index >= 15 is 0 Å². The summed E-state index contributed by atoms with van der Waals surface area (Å²) in [6.45, 7) is 6.99. The zero-order valence-electron chi connectivity index (χ0n) is 12.2. The largest absolute Gasteiger partial charge is 0.344 e. The van der Waals surface area contributed by atoms with Gasteiger partial charge in [0.1, 0.15) is 0 Å². The molecule has 0 atom stereocenters. The highest BCUT2D eigenvalue weighted by atomic mass is 35.5. The summed E-state index contributed by atoms with van der Waals surface area (Å²) in [7, 11) is 0. The first-order valence-corrected chi connectivity index (χ1v) is 7.44. The van der Waals surface area contributed by atoms with Gasteiger partial charge in [-0.05, 0) is 37.5 Å².